The molecule has 1 amide bonds. The van der Waals surface area contributed by atoms with E-state index in [0.29, 0.717) is 13.0 Å². The molecule has 1 aromatic carbocycles. The van der Waals surface area contributed by atoms with Gasteiger partial charge in [-0.05, 0) is 49.4 Å². The number of nitrogens with one attached hydrogen (secondary N) is 1. The van der Waals surface area contributed by atoms with Crippen LogP contribution >= 0.6 is 0 Å². The minimum absolute atomic E-state index is 0.0930. The largest absolute Gasteiger partial charge is 0.349 e. The standard InChI is InChI=1S/C21H25N3O3S/c25-21(23-15-17-9-6-7-13-22-17)20-14-16-8-4-5-12-19(16)24(20)28(26,27)18-10-2-1-3-11-18/h1-3,6-7,9-11,13,16,19-20H,4-5,8,12,14-15H2,(H,23,25)/t16-,19+,20+/m1/s1. The van der Waals surface area contributed by atoms with Crippen molar-refractivity contribution in [3.05, 3.63) is 60.4 Å². The summed E-state index contributed by atoms with van der Waals surface area (Å²) in [6.07, 6.45) is 6.17. The monoisotopic (exact) mass is 399 g/mol. The number of benzene rings is 1. The van der Waals surface area contributed by atoms with Crippen LogP contribution < -0.4 is 5.32 Å². The zero-order valence-electron chi connectivity index (χ0n) is 15.7. The Kier molecular flexibility index (Phi) is 5.46. The summed E-state index contributed by atoms with van der Waals surface area (Å²) in [6.45, 7) is 0.296. The molecular weight excluding hydrogens is 374 g/mol. The topological polar surface area (TPSA) is 79.4 Å². The lowest BCUT2D eigenvalue weighted by Gasteiger charge is -2.32. The van der Waals surface area contributed by atoms with Crippen molar-refractivity contribution in [3.8, 4) is 0 Å². The van der Waals surface area contributed by atoms with Crippen LogP contribution in [0.15, 0.2) is 59.6 Å². The van der Waals surface area contributed by atoms with Crippen LogP contribution in [0.4, 0.5) is 0 Å². The van der Waals surface area contributed by atoms with Crippen LogP contribution in [-0.4, -0.2) is 35.7 Å². The predicted octanol–water partition coefficient (Wildman–Crippen LogP) is 2.72. The molecule has 1 aromatic heterocycles. The van der Waals surface area contributed by atoms with Crippen LogP contribution in [0.1, 0.15) is 37.8 Å². The number of amides is 1. The van der Waals surface area contributed by atoms with E-state index in [2.05, 4.69) is 10.3 Å². The van der Waals surface area contributed by atoms with Crippen LogP contribution in [0.2, 0.25) is 0 Å². The molecule has 1 saturated heterocycles. The molecule has 1 aliphatic heterocycles. The third-order valence-electron chi connectivity index (χ3n) is 5.82. The molecule has 1 aliphatic carbocycles. The molecule has 2 heterocycles. The zero-order valence-corrected chi connectivity index (χ0v) is 16.5. The summed E-state index contributed by atoms with van der Waals surface area (Å²) in [5, 5.41) is 2.90. The molecule has 1 saturated carbocycles. The van der Waals surface area contributed by atoms with E-state index >= 15 is 0 Å². The number of rotatable bonds is 5. The van der Waals surface area contributed by atoms with E-state index in [1.807, 2.05) is 18.2 Å². The highest BCUT2D eigenvalue weighted by molar-refractivity contribution is 7.89. The lowest BCUT2D eigenvalue weighted by Crippen LogP contribution is -2.49. The molecule has 3 atom stereocenters. The molecule has 2 aliphatic rings. The highest BCUT2D eigenvalue weighted by atomic mass is 32.2. The maximum absolute atomic E-state index is 13.4. The Morgan fingerprint density at radius 1 is 1.07 bits per heavy atom. The number of carbonyl (C=O) groups is 1. The lowest BCUT2D eigenvalue weighted by molar-refractivity contribution is -0.124. The molecule has 0 radical (unpaired) electrons. The first-order chi connectivity index (χ1) is 13.6. The van der Waals surface area contributed by atoms with Gasteiger partial charge in [-0.15, -0.1) is 0 Å². The van der Waals surface area contributed by atoms with E-state index in [-0.39, 0.29) is 22.8 Å². The Labute approximate surface area is 166 Å². The summed E-state index contributed by atoms with van der Waals surface area (Å²) in [5.41, 5.74) is 0.753. The Morgan fingerprint density at radius 2 is 1.82 bits per heavy atom. The minimum atomic E-state index is -3.73. The highest BCUT2D eigenvalue weighted by Crippen LogP contribution is 2.42. The van der Waals surface area contributed by atoms with E-state index in [9.17, 15) is 13.2 Å². The van der Waals surface area contributed by atoms with Gasteiger partial charge in [0.05, 0.1) is 17.1 Å². The summed E-state index contributed by atoms with van der Waals surface area (Å²) >= 11 is 0. The summed E-state index contributed by atoms with van der Waals surface area (Å²) in [4.78, 5) is 17.5. The summed E-state index contributed by atoms with van der Waals surface area (Å²) < 4.78 is 28.3. The van der Waals surface area contributed by atoms with Gasteiger partial charge in [0.15, 0.2) is 0 Å². The van der Waals surface area contributed by atoms with Crippen molar-refractivity contribution in [3.63, 3.8) is 0 Å². The van der Waals surface area contributed by atoms with Gasteiger partial charge in [-0.25, -0.2) is 8.42 Å². The van der Waals surface area contributed by atoms with Crippen molar-refractivity contribution in [1.82, 2.24) is 14.6 Å². The van der Waals surface area contributed by atoms with E-state index < -0.39 is 16.1 Å². The molecule has 7 heteroatoms. The van der Waals surface area contributed by atoms with E-state index in [0.717, 1.165) is 31.4 Å². The number of hydrogen-bond acceptors (Lipinski definition) is 4. The van der Waals surface area contributed by atoms with Gasteiger partial charge in [0.1, 0.15) is 6.04 Å². The Morgan fingerprint density at radius 3 is 2.57 bits per heavy atom. The molecular formula is C21H25N3O3S. The minimum Gasteiger partial charge on any atom is -0.349 e. The molecule has 148 valence electrons. The molecule has 0 spiro atoms. The van der Waals surface area contributed by atoms with Crippen LogP contribution in [0.25, 0.3) is 0 Å². The lowest BCUT2D eigenvalue weighted by atomic mass is 9.85. The molecule has 28 heavy (non-hydrogen) atoms. The normalized spacial score (nSPS) is 25.2. The quantitative estimate of drug-likeness (QED) is 0.838. The maximum Gasteiger partial charge on any atom is 0.244 e. The second-order valence-electron chi connectivity index (χ2n) is 7.55. The highest BCUT2D eigenvalue weighted by Gasteiger charge is 2.50. The van der Waals surface area contributed by atoms with Crippen molar-refractivity contribution < 1.29 is 13.2 Å². The third-order valence-corrected chi connectivity index (χ3v) is 7.77. The van der Waals surface area contributed by atoms with Crippen LogP contribution in [0.3, 0.4) is 0 Å². The zero-order chi connectivity index (χ0) is 19.6. The van der Waals surface area contributed by atoms with Gasteiger partial charge < -0.3 is 5.32 Å². The van der Waals surface area contributed by atoms with Gasteiger partial charge in [0, 0.05) is 12.2 Å². The fourth-order valence-electron chi connectivity index (χ4n) is 4.50. The van der Waals surface area contributed by atoms with Crippen molar-refractivity contribution in [2.45, 2.75) is 55.6 Å². The number of sulfonamides is 1. The van der Waals surface area contributed by atoms with Crippen LogP contribution in [0, 0.1) is 5.92 Å². The average Bonchev–Trinajstić information content (AvgIpc) is 3.14. The second kappa shape index (κ2) is 8.01. The fourth-order valence-corrected chi connectivity index (χ4v) is 6.40. The first-order valence-corrected chi connectivity index (χ1v) is 11.3. The van der Waals surface area contributed by atoms with Crippen molar-refractivity contribution in [2.24, 2.45) is 5.92 Å². The molecule has 1 N–H and O–H groups in total. The molecule has 4 rings (SSSR count). The van der Waals surface area contributed by atoms with Crippen molar-refractivity contribution in [2.75, 3.05) is 0 Å². The molecule has 0 unspecified atom stereocenters. The van der Waals surface area contributed by atoms with Crippen molar-refractivity contribution >= 4 is 15.9 Å². The van der Waals surface area contributed by atoms with Gasteiger partial charge in [0.25, 0.3) is 0 Å². The third kappa shape index (κ3) is 3.69. The number of pyridine rings is 1. The first kappa shape index (κ1) is 19.1. The Hall–Kier alpha value is -2.25. The van der Waals surface area contributed by atoms with Gasteiger partial charge in [-0.2, -0.15) is 4.31 Å². The second-order valence-corrected chi connectivity index (χ2v) is 9.39. The molecule has 6 nitrogen and oxygen atoms in total. The maximum atomic E-state index is 13.4. The fraction of sp³-hybridized carbons (Fsp3) is 0.429. The van der Waals surface area contributed by atoms with E-state index in [1.54, 1.807) is 36.5 Å². The molecule has 2 aromatic rings. The molecule has 0 bridgehead atoms. The number of fused-ring (bicyclic) bond motifs is 1. The van der Waals surface area contributed by atoms with Gasteiger partial charge in [-0.3, -0.25) is 9.78 Å². The van der Waals surface area contributed by atoms with Gasteiger partial charge >= 0.3 is 0 Å². The summed E-state index contributed by atoms with van der Waals surface area (Å²) in [7, 11) is -3.73. The van der Waals surface area contributed by atoms with E-state index in [4.69, 9.17) is 0 Å². The molecule has 2 fully saturated rings. The SMILES string of the molecule is O=C(NCc1ccccn1)[C@@H]1C[C@H]2CCCC[C@@H]2N1S(=O)(=O)c1ccccc1. The number of nitrogens with zero attached hydrogens (tertiary/aromatic N) is 2. The number of hydrogen-bond donors (Lipinski definition) is 1. The van der Waals surface area contributed by atoms with Crippen LogP contribution in [-0.2, 0) is 21.4 Å². The van der Waals surface area contributed by atoms with Gasteiger partial charge in [-0.1, -0.05) is 37.1 Å². The summed E-state index contributed by atoms with van der Waals surface area (Å²) in [5.74, 6) is 0.0115. The van der Waals surface area contributed by atoms with E-state index in [1.165, 1.54) is 4.31 Å². The Bertz CT molecular complexity index is 918. The number of carbonyl (C=O) groups excluding carboxylic acids is 1. The van der Waals surface area contributed by atoms with Gasteiger partial charge in [0.2, 0.25) is 15.9 Å². The summed E-state index contributed by atoms with van der Waals surface area (Å²) in [6, 6.07) is 13.2. The van der Waals surface area contributed by atoms with Crippen LogP contribution in [0.5, 0.6) is 0 Å². The van der Waals surface area contributed by atoms with Crippen molar-refractivity contribution in [1.29, 1.82) is 0 Å². The first-order valence-electron chi connectivity index (χ1n) is 9.83. The predicted molar refractivity (Wildman–Crippen MR) is 106 cm³/mol. The average molecular weight is 400 g/mol. The Balaban J connectivity index is 1.60. The smallest absolute Gasteiger partial charge is 0.244 e. The number of aromatic nitrogens is 1.